The van der Waals surface area contributed by atoms with Crippen LogP contribution in [0.1, 0.15) is 24.4 Å². The van der Waals surface area contributed by atoms with Crippen LogP contribution in [0.2, 0.25) is 5.02 Å². The predicted molar refractivity (Wildman–Crippen MR) is 64.5 cm³/mol. The highest BCUT2D eigenvalue weighted by Crippen LogP contribution is 2.43. The molecule has 1 heterocycles. The van der Waals surface area contributed by atoms with Crippen molar-refractivity contribution in [3.8, 4) is 11.5 Å². The van der Waals surface area contributed by atoms with Gasteiger partial charge in [-0.2, -0.15) is 0 Å². The zero-order valence-electron chi connectivity index (χ0n) is 9.85. The molecule has 0 spiro atoms. The summed E-state index contributed by atoms with van der Waals surface area (Å²) in [5.74, 6) is 0.407. The lowest BCUT2D eigenvalue weighted by Crippen LogP contribution is -2.15. The topological polar surface area (TPSA) is 30.5 Å². The smallest absolute Gasteiger partial charge is 0.167 e. The summed E-state index contributed by atoms with van der Waals surface area (Å²) in [7, 11) is 3.02. The SMILES string of the molecule is COc1cc(F)c(Cl)c(C2CCCN2)c1OC. The standard InChI is InChI=1S/C12H15ClFNO2/c1-16-9-6-7(14)11(13)10(12(9)17-2)8-4-3-5-15-8/h6,8,15H,3-5H2,1-2H3. The van der Waals surface area contributed by atoms with Crippen LogP contribution in [0.5, 0.6) is 11.5 Å². The van der Waals surface area contributed by atoms with Crippen LogP contribution in [0.3, 0.4) is 0 Å². The zero-order valence-corrected chi connectivity index (χ0v) is 10.6. The van der Waals surface area contributed by atoms with E-state index in [0.29, 0.717) is 17.1 Å². The molecule has 0 bridgehead atoms. The van der Waals surface area contributed by atoms with Gasteiger partial charge in [0, 0.05) is 17.7 Å². The largest absolute Gasteiger partial charge is 0.493 e. The van der Waals surface area contributed by atoms with E-state index in [0.717, 1.165) is 19.4 Å². The summed E-state index contributed by atoms with van der Waals surface area (Å²) in [4.78, 5) is 0. The fraction of sp³-hybridized carbons (Fsp3) is 0.500. The van der Waals surface area contributed by atoms with Gasteiger partial charge in [-0.25, -0.2) is 4.39 Å². The molecule has 1 atom stereocenters. The van der Waals surface area contributed by atoms with E-state index in [1.807, 2.05) is 0 Å². The van der Waals surface area contributed by atoms with Gasteiger partial charge in [-0.3, -0.25) is 0 Å². The lowest BCUT2D eigenvalue weighted by molar-refractivity contribution is 0.345. The van der Waals surface area contributed by atoms with Gasteiger partial charge in [0.05, 0.1) is 19.2 Å². The summed E-state index contributed by atoms with van der Waals surface area (Å²) in [6.07, 6.45) is 1.96. The summed E-state index contributed by atoms with van der Waals surface area (Å²) in [6.45, 7) is 0.906. The molecule has 1 aromatic rings. The number of rotatable bonds is 3. The van der Waals surface area contributed by atoms with Gasteiger partial charge >= 0.3 is 0 Å². The number of ether oxygens (including phenoxy) is 2. The highest BCUT2D eigenvalue weighted by molar-refractivity contribution is 6.31. The molecule has 3 nitrogen and oxygen atoms in total. The third-order valence-corrected chi connectivity index (χ3v) is 3.39. The Morgan fingerprint density at radius 2 is 2.18 bits per heavy atom. The summed E-state index contributed by atoms with van der Waals surface area (Å²) in [5, 5.41) is 3.39. The fourth-order valence-corrected chi connectivity index (χ4v) is 2.48. The van der Waals surface area contributed by atoms with Crippen molar-refractivity contribution in [1.82, 2.24) is 5.32 Å². The van der Waals surface area contributed by atoms with Gasteiger partial charge in [0.2, 0.25) is 0 Å². The second kappa shape index (κ2) is 5.10. The molecule has 0 aromatic heterocycles. The first kappa shape index (κ1) is 12.5. The Bertz CT molecular complexity index is 419. The normalized spacial score (nSPS) is 19.4. The maximum absolute atomic E-state index is 13.7. The monoisotopic (exact) mass is 259 g/mol. The summed E-state index contributed by atoms with van der Waals surface area (Å²) in [6, 6.07) is 1.28. The molecule has 1 aliphatic rings. The molecule has 1 aromatic carbocycles. The Morgan fingerprint density at radius 3 is 2.71 bits per heavy atom. The van der Waals surface area contributed by atoms with E-state index in [2.05, 4.69) is 5.32 Å². The van der Waals surface area contributed by atoms with E-state index in [9.17, 15) is 4.39 Å². The van der Waals surface area contributed by atoms with Crippen LogP contribution in [0.4, 0.5) is 4.39 Å². The first-order valence-electron chi connectivity index (χ1n) is 5.52. The molecule has 1 aliphatic heterocycles. The van der Waals surface area contributed by atoms with Crippen LogP contribution in [0.15, 0.2) is 6.07 Å². The van der Waals surface area contributed by atoms with Crippen LogP contribution < -0.4 is 14.8 Å². The second-order valence-electron chi connectivity index (χ2n) is 3.97. The van der Waals surface area contributed by atoms with Crippen molar-refractivity contribution < 1.29 is 13.9 Å². The summed E-state index contributed by atoms with van der Waals surface area (Å²) < 4.78 is 24.1. The van der Waals surface area contributed by atoms with E-state index < -0.39 is 5.82 Å². The van der Waals surface area contributed by atoms with E-state index >= 15 is 0 Å². The first-order chi connectivity index (χ1) is 8.19. The van der Waals surface area contributed by atoms with Gasteiger partial charge in [-0.1, -0.05) is 11.6 Å². The summed E-state index contributed by atoms with van der Waals surface area (Å²) in [5.41, 5.74) is 0.656. The molecule has 1 N–H and O–H groups in total. The maximum atomic E-state index is 13.7. The Morgan fingerprint density at radius 1 is 1.41 bits per heavy atom. The highest BCUT2D eigenvalue weighted by Gasteiger charge is 2.27. The average molecular weight is 260 g/mol. The van der Waals surface area contributed by atoms with Crippen molar-refractivity contribution >= 4 is 11.6 Å². The molecule has 0 saturated carbocycles. The van der Waals surface area contributed by atoms with Crippen LogP contribution in [0, 0.1) is 5.82 Å². The molecular formula is C12H15ClFNO2. The quantitative estimate of drug-likeness (QED) is 0.905. The number of hydrogen-bond donors (Lipinski definition) is 1. The minimum atomic E-state index is -0.479. The van der Waals surface area contributed by atoms with E-state index in [-0.39, 0.29) is 11.1 Å². The van der Waals surface area contributed by atoms with Gasteiger partial charge < -0.3 is 14.8 Å². The van der Waals surface area contributed by atoms with Gasteiger partial charge in [0.1, 0.15) is 5.82 Å². The molecule has 1 fully saturated rings. The molecule has 1 saturated heterocycles. The number of hydrogen-bond acceptors (Lipinski definition) is 3. The number of methoxy groups -OCH3 is 2. The van der Waals surface area contributed by atoms with Crippen molar-refractivity contribution in [2.75, 3.05) is 20.8 Å². The van der Waals surface area contributed by atoms with Gasteiger partial charge in [0.15, 0.2) is 11.5 Å². The maximum Gasteiger partial charge on any atom is 0.167 e. The van der Waals surface area contributed by atoms with Gasteiger partial charge in [-0.05, 0) is 19.4 Å². The van der Waals surface area contributed by atoms with Crippen molar-refractivity contribution in [3.63, 3.8) is 0 Å². The molecule has 0 aliphatic carbocycles. The van der Waals surface area contributed by atoms with Gasteiger partial charge in [-0.15, -0.1) is 0 Å². The molecule has 0 radical (unpaired) electrons. The average Bonchev–Trinajstić information content (AvgIpc) is 2.85. The molecule has 17 heavy (non-hydrogen) atoms. The van der Waals surface area contributed by atoms with Crippen molar-refractivity contribution in [3.05, 3.63) is 22.5 Å². The van der Waals surface area contributed by atoms with Crippen LogP contribution in [-0.2, 0) is 0 Å². The first-order valence-corrected chi connectivity index (χ1v) is 5.90. The lowest BCUT2D eigenvalue weighted by Gasteiger charge is -2.19. The van der Waals surface area contributed by atoms with Crippen molar-refractivity contribution in [2.24, 2.45) is 0 Å². The van der Waals surface area contributed by atoms with E-state index in [1.54, 1.807) is 0 Å². The minimum Gasteiger partial charge on any atom is -0.493 e. The third kappa shape index (κ3) is 2.19. The Balaban J connectivity index is 2.56. The number of benzene rings is 1. The third-order valence-electron chi connectivity index (χ3n) is 3.01. The fourth-order valence-electron chi connectivity index (χ4n) is 2.21. The highest BCUT2D eigenvalue weighted by atomic mass is 35.5. The second-order valence-corrected chi connectivity index (χ2v) is 4.35. The van der Waals surface area contributed by atoms with Crippen LogP contribution in [-0.4, -0.2) is 20.8 Å². The number of nitrogens with one attached hydrogen (secondary N) is 1. The Kier molecular flexibility index (Phi) is 3.74. The zero-order chi connectivity index (χ0) is 12.4. The Labute approximate surface area is 105 Å². The minimum absolute atomic E-state index is 0.0297. The van der Waals surface area contributed by atoms with E-state index in [4.69, 9.17) is 21.1 Å². The van der Waals surface area contributed by atoms with Crippen LogP contribution in [0.25, 0.3) is 0 Å². The number of halogens is 2. The molecule has 2 rings (SSSR count). The Hall–Kier alpha value is -1.00. The van der Waals surface area contributed by atoms with Gasteiger partial charge in [0.25, 0.3) is 0 Å². The summed E-state index contributed by atoms with van der Waals surface area (Å²) >= 11 is 6.04. The van der Waals surface area contributed by atoms with Crippen molar-refractivity contribution in [2.45, 2.75) is 18.9 Å². The predicted octanol–water partition coefficient (Wildman–Crippen LogP) is 2.92. The van der Waals surface area contributed by atoms with Crippen LogP contribution >= 0.6 is 11.6 Å². The van der Waals surface area contributed by atoms with Crippen molar-refractivity contribution in [1.29, 1.82) is 0 Å². The lowest BCUT2D eigenvalue weighted by atomic mass is 10.0. The molecule has 5 heteroatoms. The molecular weight excluding hydrogens is 245 g/mol. The van der Waals surface area contributed by atoms with E-state index in [1.165, 1.54) is 20.3 Å². The molecule has 1 unspecified atom stereocenters. The molecule has 0 amide bonds. The molecule has 94 valence electrons.